The zero-order chi connectivity index (χ0) is 21.1. The maximum atomic E-state index is 13.0. The van der Waals surface area contributed by atoms with E-state index in [1.807, 2.05) is 0 Å². The lowest BCUT2D eigenvalue weighted by atomic mass is 10.3. The van der Waals surface area contributed by atoms with Crippen LogP contribution in [0.4, 0.5) is 17.1 Å². The first-order valence-electron chi connectivity index (χ1n) is 7.36. The predicted molar refractivity (Wildman–Crippen MR) is 97.8 cm³/mol. The minimum absolute atomic E-state index is 0.167. The Morgan fingerprint density at radius 1 is 1.07 bits per heavy atom. The molecule has 0 aliphatic rings. The van der Waals surface area contributed by atoms with Gasteiger partial charge in [0.2, 0.25) is 0 Å². The van der Waals surface area contributed by atoms with Crippen LogP contribution >= 0.6 is 11.6 Å². The molecule has 0 aliphatic carbocycles. The Morgan fingerprint density at radius 3 is 2.11 bits per heavy atom. The Labute approximate surface area is 163 Å². The van der Waals surface area contributed by atoms with Crippen molar-refractivity contribution in [2.45, 2.75) is 4.90 Å². The molecule has 0 spiro atoms. The second-order valence-corrected chi connectivity index (χ2v) is 7.50. The molecule has 0 aromatic heterocycles. The van der Waals surface area contributed by atoms with Gasteiger partial charge in [-0.3, -0.25) is 29.3 Å². The van der Waals surface area contributed by atoms with Crippen molar-refractivity contribution >= 4 is 44.7 Å². The van der Waals surface area contributed by atoms with Gasteiger partial charge in [-0.15, -0.1) is 0 Å². The van der Waals surface area contributed by atoms with E-state index in [1.54, 1.807) is 0 Å². The van der Waals surface area contributed by atoms with Crippen LogP contribution in [-0.4, -0.2) is 37.9 Å². The number of rotatable bonds is 7. The summed E-state index contributed by atoms with van der Waals surface area (Å²) in [5, 5.41) is 21.6. The third-order valence-corrected chi connectivity index (χ3v) is 5.64. The van der Waals surface area contributed by atoms with Gasteiger partial charge in [-0.2, -0.15) is 0 Å². The molecular formula is C15H12ClN3O8S. The standard InChI is InChI=1S/C15H12ClN3O8S/c1-27-15(20)9-17(14-8-11(19(23)24)4-7-13(14)16)28(25,26)12-5-2-10(3-6-12)18(21)22/h2-8H,9H2,1H3. The molecule has 2 aromatic carbocycles. The van der Waals surface area contributed by atoms with Crippen molar-refractivity contribution in [3.05, 3.63) is 67.7 Å². The number of anilines is 1. The van der Waals surface area contributed by atoms with Crippen LogP contribution in [0, 0.1) is 20.2 Å². The zero-order valence-corrected chi connectivity index (χ0v) is 15.7. The summed E-state index contributed by atoms with van der Waals surface area (Å²) >= 11 is 6.01. The second kappa shape index (κ2) is 8.19. The summed E-state index contributed by atoms with van der Waals surface area (Å²) in [5.74, 6) is -0.951. The number of nitro benzene ring substituents is 2. The maximum absolute atomic E-state index is 13.0. The summed E-state index contributed by atoms with van der Waals surface area (Å²) in [5.41, 5.74) is -1.11. The first-order valence-corrected chi connectivity index (χ1v) is 9.17. The molecule has 2 rings (SSSR count). The smallest absolute Gasteiger partial charge is 0.326 e. The van der Waals surface area contributed by atoms with Gasteiger partial charge in [-0.05, 0) is 18.2 Å². The van der Waals surface area contributed by atoms with E-state index in [2.05, 4.69) is 4.74 Å². The molecule has 0 bridgehead atoms. The molecule has 13 heteroatoms. The number of non-ortho nitro benzene ring substituents is 2. The van der Waals surface area contributed by atoms with Crippen LogP contribution in [0.2, 0.25) is 5.02 Å². The number of esters is 1. The van der Waals surface area contributed by atoms with Gasteiger partial charge in [0.1, 0.15) is 6.54 Å². The van der Waals surface area contributed by atoms with Gasteiger partial charge in [-0.25, -0.2) is 8.42 Å². The second-order valence-electron chi connectivity index (χ2n) is 5.23. The summed E-state index contributed by atoms with van der Waals surface area (Å²) in [4.78, 5) is 31.7. The van der Waals surface area contributed by atoms with Crippen molar-refractivity contribution in [2.75, 3.05) is 18.0 Å². The SMILES string of the molecule is COC(=O)CN(c1cc([N+](=O)[O-])ccc1Cl)S(=O)(=O)c1ccc([N+](=O)[O-])cc1. The average molecular weight is 430 g/mol. The fraction of sp³-hybridized carbons (Fsp3) is 0.133. The largest absolute Gasteiger partial charge is 0.468 e. The molecule has 0 atom stereocenters. The Kier molecular flexibility index (Phi) is 6.16. The normalized spacial score (nSPS) is 10.9. The molecular weight excluding hydrogens is 418 g/mol. The van der Waals surface area contributed by atoms with Gasteiger partial charge in [0.25, 0.3) is 21.4 Å². The van der Waals surface area contributed by atoms with E-state index in [0.29, 0.717) is 4.31 Å². The molecule has 0 N–H and O–H groups in total. The number of carbonyl (C=O) groups excluding carboxylic acids is 1. The molecule has 0 fully saturated rings. The fourth-order valence-electron chi connectivity index (χ4n) is 2.15. The molecule has 0 radical (unpaired) electrons. The van der Waals surface area contributed by atoms with E-state index in [-0.39, 0.29) is 21.3 Å². The molecule has 148 valence electrons. The lowest BCUT2D eigenvalue weighted by molar-refractivity contribution is -0.385. The zero-order valence-electron chi connectivity index (χ0n) is 14.1. The Balaban J connectivity index is 2.62. The summed E-state index contributed by atoms with van der Waals surface area (Å²) in [6.07, 6.45) is 0. The number of ether oxygens (including phenoxy) is 1. The van der Waals surface area contributed by atoms with Crippen LogP contribution in [0.15, 0.2) is 47.4 Å². The number of nitrogens with zero attached hydrogens (tertiary/aromatic N) is 3. The highest BCUT2D eigenvalue weighted by atomic mass is 35.5. The number of nitro groups is 2. The summed E-state index contributed by atoms with van der Waals surface area (Å²) in [7, 11) is -3.43. The van der Waals surface area contributed by atoms with Gasteiger partial charge in [0, 0.05) is 24.3 Å². The van der Waals surface area contributed by atoms with Gasteiger partial charge in [0.05, 0.1) is 32.6 Å². The fourth-order valence-corrected chi connectivity index (χ4v) is 3.84. The minimum Gasteiger partial charge on any atom is -0.468 e. The number of hydrogen-bond acceptors (Lipinski definition) is 8. The van der Waals surface area contributed by atoms with Gasteiger partial charge in [0.15, 0.2) is 0 Å². The van der Waals surface area contributed by atoms with Crippen molar-refractivity contribution in [3.8, 4) is 0 Å². The highest BCUT2D eigenvalue weighted by Crippen LogP contribution is 2.34. The number of sulfonamides is 1. The Bertz CT molecular complexity index is 1040. The first-order chi connectivity index (χ1) is 13.1. The van der Waals surface area contributed by atoms with E-state index < -0.39 is 38.1 Å². The van der Waals surface area contributed by atoms with Gasteiger partial charge >= 0.3 is 5.97 Å². The molecule has 2 aromatic rings. The Hall–Kier alpha value is -3.25. The molecule has 11 nitrogen and oxygen atoms in total. The maximum Gasteiger partial charge on any atom is 0.326 e. The van der Waals surface area contributed by atoms with Crippen molar-refractivity contribution in [1.82, 2.24) is 0 Å². The molecule has 0 saturated heterocycles. The van der Waals surface area contributed by atoms with Crippen molar-refractivity contribution in [1.29, 1.82) is 0 Å². The third-order valence-electron chi connectivity index (χ3n) is 3.55. The van der Waals surface area contributed by atoms with Crippen LogP contribution in [-0.2, 0) is 19.6 Å². The quantitative estimate of drug-likeness (QED) is 0.370. The van der Waals surface area contributed by atoms with E-state index in [1.165, 1.54) is 0 Å². The number of hydrogen-bond donors (Lipinski definition) is 0. The lowest BCUT2D eigenvalue weighted by Crippen LogP contribution is -2.36. The monoisotopic (exact) mass is 429 g/mol. The average Bonchev–Trinajstić information content (AvgIpc) is 2.66. The number of carbonyl (C=O) groups is 1. The van der Waals surface area contributed by atoms with E-state index >= 15 is 0 Å². The van der Waals surface area contributed by atoms with Crippen molar-refractivity contribution in [2.24, 2.45) is 0 Å². The molecule has 0 unspecified atom stereocenters. The van der Waals surface area contributed by atoms with Crippen LogP contribution in [0.1, 0.15) is 0 Å². The highest BCUT2D eigenvalue weighted by Gasteiger charge is 2.30. The topological polar surface area (TPSA) is 150 Å². The number of methoxy groups -OCH3 is 1. The lowest BCUT2D eigenvalue weighted by Gasteiger charge is -2.24. The van der Waals surface area contributed by atoms with Crippen LogP contribution in [0.25, 0.3) is 0 Å². The van der Waals surface area contributed by atoms with Gasteiger partial charge < -0.3 is 4.74 Å². The van der Waals surface area contributed by atoms with Gasteiger partial charge in [-0.1, -0.05) is 11.6 Å². The van der Waals surface area contributed by atoms with Crippen molar-refractivity contribution in [3.63, 3.8) is 0 Å². The van der Waals surface area contributed by atoms with E-state index in [9.17, 15) is 33.4 Å². The first kappa shape index (κ1) is 21.1. The molecule has 0 heterocycles. The van der Waals surface area contributed by atoms with E-state index in [4.69, 9.17) is 11.6 Å². The summed E-state index contributed by atoms with van der Waals surface area (Å²) in [6.45, 7) is -0.823. The van der Waals surface area contributed by atoms with Crippen molar-refractivity contribution < 1.29 is 27.8 Å². The molecule has 0 saturated carbocycles. The molecule has 28 heavy (non-hydrogen) atoms. The Morgan fingerprint density at radius 2 is 1.61 bits per heavy atom. The van der Waals surface area contributed by atoms with Crippen LogP contribution < -0.4 is 4.31 Å². The number of benzene rings is 2. The third kappa shape index (κ3) is 4.35. The van der Waals surface area contributed by atoms with Crippen LogP contribution in [0.3, 0.4) is 0 Å². The minimum atomic E-state index is -4.46. The summed E-state index contributed by atoms with van der Waals surface area (Å²) in [6, 6.07) is 6.97. The highest BCUT2D eigenvalue weighted by molar-refractivity contribution is 7.92. The molecule has 0 aliphatic heterocycles. The van der Waals surface area contributed by atoms with Crippen LogP contribution in [0.5, 0.6) is 0 Å². The predicted octanol–water partition coefficient (Wildman–Crippen LogP) is 2.52. The molecule has 0 amide bonds. The van der Waals surface area contributed by atoms with E-state index in [0.717, 1.165) is 49.6 Å². The summed E-state index contributed by atoms with van der Waals surface area (Å²) < 4.78 is 31.1. The number of halogens is 1.